The zero-order valence-corrected chi connectivity index (χ0v) is 19.6. The van der Waals surface area contributed by atoms with Crippen LogP contribution >= 0.6 is 15.9 Å². The maximum atomic E-state index is 13.5. The lowest BCUT2D eigenvalue weighted by molar-refractivity contribution is -0.160. The van der Waals surface area contributed by atoms with Gasteiger partial charge in [0.2, 0.25) is 0 Å². The van der Waals surface area contributed by atoms with Crippen molar-refractivity contribution in [3.63, 3.8) is 0 Å². The minimum Gasteiger partial charge on any atom is -0.486 e. The van der Waals surface area contributed by atoms with Gasteiger partial charge in [0, 0.05) is 10.9 Å². The van der Waals surface area contributed by atoms with Gasteiger partial charge in [-0.1, -0.05) is 28.1 Å². The van der Waals surface area contributed by atoms with Crippen LogP contribution in [0.2, 0.25) is 0 Å². The van der Waals surface area contributed by atoms with Crippen LogP contribution in [0.3, 0.4) is 0 Å². The number of hydrogen-bond donors (Lipinski definition) is 0. The Bertz CT molecular complexity index is 1090. The number of ether oxygens (including phenoxy) is 3. The molecule has 2 aromatic rings. The van der Waals surface area contributed by atoms with Crippen LogP contribution in [0.25, 0.3) is 0 Å². The zero-order valence-electron chi connectivity index (χ0n) is 17.2. The van der Waals surface area contributed by atoms with E-state index in [-0.39, 0.29) is 17.9 Å². The molecule has 2 aromatic carbocycles. The molecule has 0 saturated carbocycles. The number of halogens is 1. The van der Waals surface area contributed by atoms with Crippen LogP contribution in [-0.4, -0.2) is 47.2 Å². The second-order valence-electron chi connectivity index (χ2n) is 7.04. The maximum absolute atomic E-state index is 13.5. The minimum absolute atomic E-state index is 0.0930. The second-order valence-corrected chi connectivity index (χ2v) is 9.82. The number of benzene rings is 2. The van der Waals surface area contributed by atoms with Crippen LogP contribution in [0.1, 0.15) is 12.0 Å². The number of anilines is 1. The highest BCUT2D eigenvalue weighted by Crippen LogP contribution is 2.40. The van der Waals surface area contributed by atoms with Gasteiger partial charge in [0.25, 0.3) is 10.0 Å². The molecule has 0 spiro atoms. The molecule has 0 aromatic heterocycles. The predicted molar refractivity (Wildman–Crippen MR) is 116 cm³/mol. The number of methoxy groups -OCH3 is 2. The van der Waals surface area contributed by atoms with Crippen molar-refractivity contribution in [1.82, 2.24) is 0 Å². The van der Waals surface area contributed by atoms with Gasteiger partial charge in [-0.2, -0.15) is 0 Å². The van der Waals surface area contributed by atoms with Crippen LogP contribution < -0.4 is 9.04 Å². The molecule has 1 aliphatic rings. The number of esters is 2. The normalized spacial score (nSPS) is 15.8. The molecule has 0 aliphatic carbocycles. The Balaban J connectivity index is 2.02. The topological polar surface area (TPSA) is 99.2 Å². The van der Waals surface area contributed by atoms with Gasteiger partial charge in [-0.3, -0.25) is 13.9 Å². The Hall–Kier alpha value is -2.59. The van der Waals surface area contributed by atoms with E-state index >= 15 is 0 Å². The average Bonchev–Trinajstić information content (AvgIpc) is 2.76. The number of aryl methyl sites for hydroxylation is 1. The SMILES string of the molecule is COC(=O)C(C[C@H]1CN(S(=O)(=O)c2cccc(C)c2)c2cc(Br)ccc2O1)C(=O)OC. The molecule has 31 heavy (non-hydrogen) atoms. The van der Waals surface area contributed by atoms with Crippen molar-refractivity contribution in [3.05, 3.63) is 52.5 Å². The molecule has 8 nitrogen and oxygen atoms in total. The van der Waals surface area contributed by atoms with E-state index < -0.39 is 34.0 Å². The molecule has 0 bridgehead atoms. The standard InChI is InChI=1S/C21H22BrNO7S/c1-13-5-4-6-16(9-13)31(26,27)23-12-15(11-17(20(24)28-2)21(25)29-3)30-19-8-7-14(22)10-18(19)23/h4-10,15,17H,11-12H2,1-3H3/t15-/m0/s1. The Labute approximate surface area is 189 Å². The van der Waals surface area contributed by atoms with Gasteiger partial charge in [0.05, 0.1) is 31.3 Å². The van der Waals surface area contributed by atoms with Crippen molar-refractivity contribution in [2.45, 2.75) is 24.3 Å². The molecule has 1 aliphatic heterocycles. The summed E-state index contributed by atoms with van der Waals surface area (Å²) in [5.74, 6) is -2.46. The van der Waals surface area contributed by atoms with Gasteiger partial charge < -0.3 is 14.2 Å². The first kappa shape index (κ1) is 23.1. The van der Waals surface area contributed by atoms with E-state index in [2.05, 4.69) is 15.9 Å². The van der Waals surface area contributed by atoms with Crippen LogP contribution in [0.4, 0.5) is 5.69 Å². The molecule has 0 amide bonds. The van der Waals surface area contributed by atoms with Gasteiger partial charge >= 0.3 is 11.9 Å². The number of carbonyl (C=O) groups is 2. The molecule has 1 atom stereocenters. The van der Waals surface area contributed by atoms with E-state index in [1.54, 1.807) is 30.3 Å². The van der Waals surface area contributed by atoms with Crippen LogP contribution in [0.5, 0.6) is 5.75 Å². The lowest BCUT2D eigenvalue weighted by atomic mass is 10.0. The number of carbonyl (C=O) groups excluding carboxylic acids is 2. The van der Waals surface area contributed by atoms with Crippen molar-refractivity contribution in [2.75, 3.05) is 25.1 Å². The predicted octanol–water partition coefficient (Wildman–Crippen LogP) is 3.07. The molecule has 0 radical (unpaired) electrons. The Morgan fingerprint density at radius 2 is 1.84 bits per heavy atom. The third-order valence-corrected chi connectivity index (χ3v) is 7.17. The van der Waals surface area contributed by atoms with E-state index in [9.17, 15) is 18.0 Å². The molecule has 10 heteroatoms. The van der Waals surface area contributed by atoms with Gasteiger partial charge in [0.1, 0.15) is 11.9 Å². The molecule has 0 unspecified atom stereocenters. The summed E-state index contributed by atoms with van der Waals surface area (Å²) in [4.78, 5) is 24.3. The number of rotatable bonds is 6. The highest BCUT2D eigenvalue weighted by atomic mass is 79.9. The first-order valence-corrected chi connectivity index (χ1v) is 11.6. The molecule has 0 N–H and O–H groups in total. The Morgan fingerprint density at radius 1 is 1.16 bits per heavy atom. The average molecular weight is 512 g/mol. The summed E-state index contributed by atoms with van der Waals surface area (Å²) in [6.07, 6.45) is -0.884. The van der Waals surface area contributed by atoms with E-state index in [4.69, 9.17) is 14.2 Å². The van der Waals surface area contributed by atoms with Gasteiger partial charge in [-0.15, -0.1) is 0 Å². The fraction of sp³-hybridized carbons (Fsp3) is 0.333. The number of fused-ring (bicyclic) bond motifs is 1. The van der Waals surface area contributed by atoms with E-state index in [0.29, 0.717) is 15.9 Å². The molecular formula is C21H22BrNO7S. The Kier molecular flexibility index (Phi) is 6.90. The smallest absolute Gasteiger partial charge is 0.320 e. The highest BCUT2D eigenvalue weighted by Gasteiger charge is 2.39. The third-order valence-electron chi connectivity index (χ3n) is 4.90. The molecule has 0 fully saturated rings. The molecule has 0 saturated heterocycles. The van der Waals surface area contributed by atoms with Gasteiger partial charge in [-0.05, 0) is 42.8 Å². The van der Waals surface area contributed by atoms with Crippen LogP contribution in [0, 0.1) is 12.8 Å². The first-order valence-electron chi connectivity index (χ1n) is 9.38. The number of nitrogens with zero attached hydrogens (tertiary/aromatic N) is 1. The Morgan fingerprint density at radius 3 is 2.45 bits per heavy atom. The maximum Gasteiger partial charge on any atom is 0.320 e. The van der Waals surface area contributed by atoms with Crippen molar-refractivity contribution in [1.29, 1.82) is 0 Å². The van der Waals surface area contributed by atoms with Crippen LogP contribution in [0.15, 0.2) is 51.8 Å². The second kappa shape index (κ2) is 9.27. The highest BCUT2D eigenvalue weighted by molar-refractivity contribution is 9.10. The minimum atomic E-state index is -3.93. The van der Waals surface area contributed by atoms with Crippen LogP contribution in [-0.2, 0) is 29.1 Å². The van der Waals surface area contributed by atoms with Gasteiger partial charge in [-0.25, -0.2) is 8.42 Å². The van der Waals surface area contributed by atoms with E-state index in [1.165, 1.54) is 24.6 Å². The lowest BCUT2D eigenvalue weighted by Crippen LogP contribution is -2.45. The summed E-state index contributed by atoms with van der Waals surface area (Å²) in [5.41, 5.74) is 1.16. The third kappa shape index (κ3) is 4.85. The zero-order chi connectivity index (χ0) is 22.8. The molecule has 166 valence electrons. The van der Waals surface area contributed by atoms with Crippen molar-refractivity contribution < 1.29 is 32.2 Å². The lowest BCUT2D eigenvalue weighted by Gasteiger charge is -2.36. The van der Waals surface area contributed by atoms with Crippen molar-refractivity contribution in [3.8, 4) is 5.75 Å². The molecule has 3 rings (SSSR count). The summed E-state index contributed by atoms with van der Waals surface area (Å²) in [5, 5.41) is 0. The fourth-order valence-corrected chi connectivity index (χ4v) is 5.33. The van der Waals surface area contributed by atoms with E-state index in [1.807, 2.05) is 13.0 Å². The number of sulfonamides is 1. The monoisotopic (exact) mass is 511 g/mol. The van der Waals surface area contributed by atoms with Gasteiger partial charge in [0.15, 0.2) is 5.92 Å². The largest absolute Gasteiger partial charge is 0.486 e. The summed E-state index contributed by atoms with van der Waals surface area (Å²) >= 11 is 3.37. The quantitative estimate of drug-likeness (QED) is 0.433. The fourth-order valence-electron chi connectivity index (χ4n) is 3.37. The summed E-state index contributed by atoms with van der Waals surface area (Å²) in [6, 6.07) is 11.6. The van der Waals surface area contributed by atoms with Crippen molar-refractivity contribution in [2.24, 2.45) is 5.92 Å². The summed E-state index contributed by atoms with van der Waals surface area (Å²) < 4.78 is 44.3. The molecule has 1 heterocycles. The summed E-state index contributed by atoms with van der Waals surface area (Å²) in [6.45, 7) is 1.72. The summed E-state index contributed by atoms with van der Waals surface area (Å²) in [7, 11) is -1.60. The molecular weight excluding hydrogens is 490 g/mol. The van der Waals surface area contributed by atoms with E-state index in [0.717, 1.165) is 5.56 Å². The van der Waals surface area contributed by atoms with Crippen molar-refractivity contribution >= 4 is 43.6 Å². The first-order chi connectivity index (χ1) is 14.7. The number of hydrogen-bond acceptors (Lipinski definition) is 7.